The van der Waals surface area contributed by atoms with Gasteiger partial charge in [-0.1, -0.05) is 11.6 Å². The molecule has 1 saturated carbocycles. The molecule has 0 unspecified atom stereocenters. The van der Waals surface area contributed by atoms with Crippen molar-refractivity contribution < 1.29 is 0 Å². The van der Waals surface area contributed by atoms with E-state index in [-0.39, 0.29) is 0 Å². The second-order valence-electron chi connectivity index (χ2n) is 4.66. The number of hydrogen-bond donors (Lipinski definition) is 3. The van der Waals surface area contributed by atoms with Gasteiger partial charge in [0.25, 0.3) is 0 Å². The Hall–Kier alpha value is -1.40. The van der Waals surface area contributed by atoms with Crippen LogP contribution < -0.4 is 16.4 Å². The van der Waals surface area contributed by atoms with Crippen molar-refractivity contribution in [3.63, 3.8) is 0 Å². The lowest BCUT2D eigenvalue weighted by Gasteiger charge is -2.21. The van der Waals surface area contributed by atoms with Gasteiger partial charge in [0.1, 0.15) is 0 Å². The number of aromatic nitrogens is 1. The van der Waals surface area contributed by atoms with Gasteiger partial charge in [-0.2, -0.15) is 0 Å². The van der Waals surface area contributed by atoms with E-state index >= 15 is 0 Å². The van der Waals surface area contributed by atoms with Gasteiger partial charge < -0.3 is 16.4 Å². The molecule has 1 aliphatic carbocycles. The van der Waals surface area contributed by atoms with E-state index in [1.54, 1.807) is 6.20 Å². The van der Waals surface area contributed by atoms with Gasteiger partial charge in [0, 0.05) is 19.2 Å². The Morgan fingerprint density at radius 2 is 2.35 bits per heavy atom. The standard InChI is InChI=1S/C13H18ClN5S/c14-10-5-2-7-16-11(10)6-8-17-13(20)19-12(15)18-9-3-1-4-9/h2,5,7,9H,1,3-4,6,8H2,(H4,15,17,18,19,20). The number of aliphatic imine (C=N–C) groups is 1. The minimum Gasteiger partial charge on any atom is -0.370 e. The highest BCUT2D eigenvalue weighted by molar-refractivity contribution is 7.80. The Bertz CT molecular complexity index is 501. The van der Waals surface area contributed by atoms with Gasteiger partial charge in [0.05, 0.1) is 16.8 Å². The smallest absolute Gasteiger partial charge is 0.195 e. The van der Waals surface area contributed by atoms with E-state index in [1.807, 2.05) is 12.1 Å². The molecule has 0 radical (unpaired) electrons. The topological polar surface area (TPSA) is 75.3 Å². The van der Waals surface area contributed by atoms with Gasteiger partial charge in [-0.3, -0.25) is 4.98 Å². The molecule has 1 aromatic heterocycles. The third-order valence-corrected chi connectivity index (χ3v) is 3.71. The van der Waals surface area contributed by atoms with Crippen LogP contribution in [0.3, 0.4) is 0 Å². The largest absolute Gasteiger partial charge is 0.370 e. The highest BCUT2D eigenvalue weighted by Gasteiger charge is 2.16. The maximum atomic E-state index is 6.03. The number of nitrogens with one attached hydrogen (secondary N) is 2. The first-order valence-electron chi connectivity index (χ1n) is 6.62. The van der Waals surface area contributed by atoms with E-state index in [0.29, 0.717) is 35.1 Å². The van der Waals surface area contributed by atoms with Crippen molar-refractivity contribution in [1.82, 2.24) is 15.6 Å². The number of rotatable bonds is 4. The Labute approximate surface area is 129 Å². The van der Waals surface area contributed by atoms with Crippen LogP contribution in [0.2, 0.25) is 5.02 Å². The molecular formula is C13H18ClN5S. The zero-order valence-corrected chi connectivity index (χ0v) is 12.7. The monoisotopic (exact) mass is 311 g/mol. The van der Waals surface area contributed by atoms with Crippen molar-refractivity contribution >= 4 is 34.9 Å². The summed E-state index contributed by atoms with van der Waals surface area (Å²) in [5, 5.41) is 7.07. The lowest BCUT2D eigenvalue weighted by atomic mass is 9.94. The van der Waals surface area contributed by atoms with Crippen LogP contribution in [0.25, 0.3) is 0 Å². The molecule has 4 N–H and O–H groups in total. The van der Waals surface area contributed by atoms with Gasteiger partial charge in [-0.25, -0.2) is 4.99 Å². The molecule has 7 heteroatoms. The molecule has 1 fully saturated rings. The Kier molecular flexibility index (Phi) is 5.55. The van der Waals surface area contributed by atoms with Gasteiger partial charge in [-0.05, 0) is 43.6 Å². The van der Waals surface area contributed by atoms with Gasteiger partial charge in [-0.15, -0.1) is 0 Å². The number of nitrogens with zero attached hydrogens (tertiary/aromatic N) is 2. The number of pyridine rings is 1. The number of guanidine groups is 1. The van der Waals surface area contributed by atoms with Gasteiger partial charge in [0.15, 0.2) is 11.1 Å². The van der Waals surface area contributed by atoms with E-state index in [2.05, 4.69) is 20.6 Å². The van der Waals surface area contributed by atoms with Crippen LogP contribution >= 0.6 is 23.8 Å². The van der Waals surface area contributed by atoms with E-state index in [0.717, 1.165) is 18.5 Å². The summed E-state index contributed by atoms with van der Waals surface area (Å²) in [6.45, 7) is 0.638. The zero-order chi connectivity index (χ0) is 14.4. The fraction of sp³-hybridized carbons (Fsp3) is 0.462. The molecule has 0 amide bonds. The first-order valence-corrected chi connectivity index (χ1v) is 7.41. The Morgan fingerprint density at radius 1 is 1.55 bits per heavy atom. The van der Waals surface area contributed by atoms with Crippen LogP contribution in [0.5, 0.6) is 0 Å². The molecule has 1 aliphatic rings. The van der Waals surface area contributed by atoms with Crippen molar-refractivity contribution in [2.75, 3.05) is 6.54 Å². The fourth-order valence-corrected chi connectivity index (χ4v) is 2.22. The average molecular weight is 312 g/mol. The Balaban J connectivity index is 1.70. The molecule has 0 atom stereocenters. The summed E-state index contributed by atoms with van der Waals surface area (Å²) in [5.74, 6) is 0.378. The molecule has 0 bridgehead atoms. The normalized spacial score (nSPS) is 15.6. The second kappa shape index (κ2) is 7.40. The molecule has 0 aliphatic heterocycles. The maximum Gasteiger partial charge on any atom is 0.195 e. The van der Waals surface area contributed by atoms with Crippen molar-refractivity contribution in [1.29, 1.82) is 0 Å². The van der Waals surface area contributed by atoms with Crippen LogP contribution in [0.15, 0.2) is 23.3 Å². The summed E-state index contributed by atoms with van der Waals surface area (Å²) in [5.41, 5.74) is 6.62. The van der Waals surface area contributed by atoms with E-state index in [4.69, 9.17) is 29.6 Å². The molecule has 2 rings (SSSR count). The van der Waals surface area contributed by atoms with Crippen molar-refractivity contribution in [2.24, 2.45) is 10.7 Å². The van der Waals surface area contributed by atoms with Gasteiger partial charge in [0.2, 0.25) is 0 Å². The number of halogens is 1. The van der Waals surface area contributed by atoms with Crippen LogP contribution in [0.1, 0.15) is 25.0 Å². The van der Waals surface area contributed by atoms with Crippen LogP contribution in [-0.2, 0) is 6.42 Å². The van der Waals surface area contributed by atoms with Gasteiger partial charge >= 0.3 is 0 Å². The molecule has 1 heterocycles. The number of thiocarbonyl (C=S) groups is 1. The highest BCUT2D eigenvalue weighted by atomic mass is 35.5. The first-order chi connectivity index (χ1) is 9.65. The SMILES string of the molecule is NC(=NC1CCC1)NC(=S)NCCc1ncccc1Cl. The number of hydrogen-bond acceptors (Lipinski definition) is 3. The molecule has 0 saturated heterocycles. The third kappa shape index (κ3) is 4.61. The summed E-state index contributed by atoms with van der Waals surface area (Å²) in [6.07, 6.45) is 5.87. The predicted molar refractivity (Wildman–Crippen MR) is 85.9 cm³/mol. The quantitative estimate of drug-likeness (QED) is 0.447. The van der Waals surface area contributed by atoms with Crippen molar-refractivity contribution in [3.8, 4) is 0 Å². The number of nitrogens with two attached hydrogens (primary N) is 1. The second-order valence-corrected chi connectivity index (χ2v) is 5.48. The van der Waals surface area contributed by atoms with Crippen LogP contribution in [-0.4, -0.2) is 28.6 Å². The average Bonchev–Trinajstić information content (AvgIpc) is 2.36. The summed E-state index contributed by atoms with van der Waals surface area (Å²) in [6, 6.07) is 3.99. The van der Waals surface area contributed by atoms with Crippen molar-refractivity contribution in [3.05, 3.63) is 29.0 Å². The maximum absolute atomic E-state index is 6.03. The van der Waals surface area contributed by atoms with Crippen LogP contribution in [0.4, 0.5) is 0 Å². The fourth-order valence-electron chi connectivity index (χ4n) is 1.80. The van der Waals surface area contributed by atoms with Crippen molar-refractivity contribution in [2.45, 2.75) is 31.7 Å². The summed E-state index contributed by atoms with van der Waals surface area (Å²) < 4.78 is 0. The lowest BCUT2D eigenvalue weighted by molar-refractivity contribution is 0.419. The lowest BCUT2D eigenvalue weighted by Crippen LogP contribution is -2.44. The minimum atomic E-state index is 0.359. The summed E-state index contributed by atoms with van der Waals surface area (Å²) in [7, 11) is 0. The molecule has 108 valence electrons. The predicted octanol–water partition coefficient (Wildman–Crippen LogP) is 1.61. The van der Waals surface area contributed by atoms with E-state index in [1.165, 1.54) is 6.42 Å². The molecule has 0 aromatic carbocycles. The molecule has 5 nitrogen and oxygen atoms in total. The molecule has 1 aromatic rings. The molecule has 0 spiro atoms. The molecular weight excluding hydrogens is 294 g/mol. The van der Waals surface area contributed by atoms with E-state index in [9.17, 15) is 0 Å². The Morgan fingerprint density at radius 3 is 3.00 bits per heavy atom. The van der Waals surface area contributed by atoms with E-state index < -0.39 is 0 Å². The zero-order valence-electron chi connectivity index (χ0n) is 11.1. The first kappa shape index (κ1) is 15.0. The third-order valence-electron chi connectivity index (χ3n) is 3.12. The minimum absolute atomic E-state index is 0.359. The van der Waals surface area contributed by atoms with Crippen LogP contribution in [0, 0.1) is 0 Å². The summed E-state index contributed by atoms with van der Waals surface area (Å²) >= 11 is 11.2. The molecule has 20 heavy (non-hydrogen) atoms. The summed E-state index contributed by atoms with van der Waals surface area (Å²) in [4.78, 5) is 8.53. The highest BCUT2D eigenvalue weighted by Crippen LogP contribution is 2.21.